The normalized spacial score (nSPS) is 17.2. The minimum atomic E-state index is 1.11. The Bertz CT molecular complexity index is 219. The summed E-state index contributed by atoms with van der Waals surface area (Å²) in [5, 5.41) is 0. The molecule has 0 amide bonds. The monoisotopic (exact) mass is 212 g/mol. The van der Waals surface area contributed by atoms with Gasteiger partial charge in [-0.2, -0.15) is 0 Å². The SMILES string of the molecule is CCN(CC)C1=[N+](CC)CCCN1CC. The Morgan fingerprint density at radius 1 is 1.20 bits per heavy atom. The molecule has 0 unspecified atom stereocenters. The molecule has 0 N–H and O–H groups in total. The predicted molar refractivity (Wildman–Crippen MR) is 65.5 cm³/mol. The number of hydrogen-bond acceptors (Lipinski definition) is 2. The van der Waals surface area contributed by atoms with E-state index < -0.39 is 0 Å². The molecule has 88 valence electrons. The quantitative estimate of drug-likeness (QED) is 0.652. The molecule has 0 saturated heterocycles. The van der Waals surface area contributed by atoms with Gasteiger partial charge in [0.2, 0.25) is 0 Å². The molecule has 0 aromatic rings. The summed E-state index contributed by atoms with van der Waals surface area (Å²) in [5.41, 5.74) is 0. The second kappa shape index (κ2) is 5.99. The van der Waals surface area contributed by atoms with Gasteiger partial charge in [-0.3, -0.25) is 14.4 Å². The Hall–Kier alpha value is -0.730. The number of rotatable bonds is 4. The van der Waals surface area contributed by atoms with Gasteiger partial charge in [0.05, 0.1) is 39.3 Å². The summed E-state index contributed by atoms with van der Waals surface area (Å²) in [5.74, 6) is 1.45. The average molecular weight is 212 g/mol. The van der Waals surface area contributed by atoms with Gasteiger partial charge in [0, 0.05) is 6.42 Å². The first-order chi connectivity index (χ1) is 7.28. The fourth-order valence-electron chi connectivity index (χ4n) is 2.36. The van der Waals surface area contributed by atoms with Crippen LogP contribution in [0.5, 0.6) is 0 Å². The van der Waals surface area contributed by atoms with Crippen molar-refractivity contribution in [2.24, 2.45) is 0 Å². The molecule has 0 radical (unpaired) electrons. The molecular formula is C12H26N3+. The summed E-state index contributed by atoms with van der Waals surface area (Å²) in [6, 6.07) is 0. The molecule has 0 spiro atoms. The summed E-state index contributed by atoms with van der Waals surface area (Å²) in [6.07, 6.45) is 1.30. The van der Waals surface area contributed by atoms with Crippen LogP contribution >= 0.6 is 0 Å². The van der Waals surface area contributed by atoms with E-state index in [1.54, 1.807) is 0 Å². The molecule has 0 aromatic heterocycles. The van der Waals surface area contributed by atoms with Gasteiger partial charge in [0.25, 0.3) is 0 Å². The van der Waals surface area contributed by atoms with Crippen LogP contribution in [0.3, 0.4) is 0 Å². The van der Waals surface area contributed by atoms with Gasteiger partial charge in [-0.15, -0.1) is 0 Å². The van der Waals surface area contributed by atoms with Crippen LogP contribution in [0, 0.1) is 0 Å². The van der Waals surface area contributed by atoms with E-state index in [0.29, 0.717) is 0 Å². The minimum Gasteiger partial charge on any atom is -0.265 e. The highest BCUT2D eigenvalue weighted by Crippen LogP contribution is 2.06. The van der Waals surface area contributed by atoms with E-state index >= 15 is 0 Å². The molecule has 3 heteroatoms. The van der Waals surface area contributed by atoms with Crippen LogP contribution in [0.4, 0.5) is 0 Å². The lowest BCUT2D eigenvalue weighted by Crippen LogP contribution is -2.53. The number of nitrogens with zero attached hydrogens (tertiary/aromatic N) is 3. The summed E-state index contributed by atoms with van der Waals surface area (Å²) in [4.78, 5) is 4.99. The maximum absolute atomic E-state index is 2.51. The minimum absolute atomic E-state index is 1.11. The highest BCUT2D eigenvalue weighted by molar-refractivity contribution is 5.75. The van der Waals surface area contributed by atoms with Crippen molar-refractivity contribution in [3.05, 3.63) is 0 Å². The summed E-state index contributed by atoms with van der Waals surface area (Å²) in [6.45, 7) is 15.9. The zero-order valence-electron chi connectivity index (χ0n) is 10.8. The molecule has 3 nitrogen and oxygen atoms in total. The summed E-state index contributed by atoms with van der Waals surface area (Å²) < 4.78 is 2.51. The first kappa shape index (κ1) is 12.3. The lowest BCUT2D eigenvalue weighted by atomic mass is 10.3. The van der Waals surface area contributed by atoms with E-state index in [4.69, 9.17) is 0 Å². The van der Waals surface area contributed by atoms with Gasteiger partial charge in [-0.05, 0) is 27.7 Å². The van der Waals surface area contributed by atoms with E-state index in [1.807, 2.05) is 0 Å². The van der Waals surface area contributed by atoms with Gasteiger partial charge in [0.15, 0.2) is 0 Å². The first-order valence-electron chi connectivity index (χ1n) is 6.40. The van der Waals surface area contributed by atoms with E-state index in [-0.39, 0.29) is 0 Å². The third kappa shape index (κ3) is 2.64. The maximum atomic E-state index is 2.51. The van der Waals surface area contributed by atoms with Gasteiger partial charge in [0.1, 0.15) is 0 Å². The maximum Gasteiger partial charge on any atom is 0.350 e. The molecule has 1 rings (SSSR count). The zero-order valence-corrected chi connectivity index (χ0v) is 10.8. The van der Waals surface area contributed by atoms with Crippen molar-refractivity contribution in [1.29, 1.82) is 0 Å². The molecule has 1 aliphatic rings. The van der Waals surface area contributed by atoms with Crippen molar-refractivity contribution in [3.63, 3.8) is 0 Å². The predicted octanol–water partition coefficient (Wildman–Crippen LogP) is 1.44. The molecule has 1 aliphatic heterocycles. The Morgan fingerprint density at radius 3 is 2.33 bits per heavy atom. The fraction of sp³-hybridized carbons (Fsp3) is 0.917. The molecule has 0 aromatic carbocycles. The van der Waals surface area contributed by atoms with Crippen molar-refractivity contribution in [2.75, 3.05) is 39.3 Å². The smallest absolute Gasteiger partial charge is 0.265 e. The van der Waals surface area contributed by atoms with E-state index in [2.05, 4.69) is 42.1 Å². The molecule has 0 fully saturated rings. The zero-order chi connectivity index (χ0) is 11.3. The summed E-state index contributed by atoms with van der Waals surface area (Å²) >= 11 is 0. The second-order valence-corrected chi connectivity index (χ2v) is 3.99. The molecule has 15 heavy (non-hydrogen) atoms. The van der Waals surface area contributed by atoms with Crippen molar-refractivity contribution in [2.45, 2.75) is 34.1 Å². The Kier molecular flexibility index (Phi) is 4.92. The third-order valence-electron chi connectivity index (χ3n) is 3.23. The van der Waals surface area contributed by atoms with E-state index in [0.717, 1.165) is 26.2 Å². The van der Waals surface area contributed by atoms with Crippen LogP contribution < -0.4 is 0 Å². The van der Waals surface area contributed by atoms with Crippen LogP contribution in [0.25, 0.3) is 0 Å². The highest BCUT2D eigenvalue weighted by Gasteiger charge is 2.28. The van der Waals surface area contributed by atoms with E-state index in [1.165, 1.54) is 25.5 Å². The van der Waals surface area contributed by atoms with Crippen LogP contribution in [0.15, 0.2) is 0 Å². The Morgan fingerprint density at radius 2 is 1.87 bits per heavy atom. The van der Waals surface area contributed by atoms with Crippen LogP contribution in [-0.2, 0) is 0 Å². The lowest BCUT2D eigenvalue weighted by molar-refractivity contribution is -0.540. The summed E-state index contributed by atoms with van der Waals surface area (Å²) in [7, 11) is 0. The number of guanidine groups is 1. The largest absolute Gasteiger partial charge is 0.350 e. The average Bonchev–Trinajstić information content (AvgIpc) is 2.30. The molecule has 0 atom stereocenters. The lowest BCUT2D eigenvalue weighted by Gasteiger charge is -2.32. The van der Waals surface area contributed by atoms with Gasteiger partial charge in [-0.25, -0.2) is 0 Å². The first-order valence-corrected chi connectivity index (χ1v) is 6.40. The van der Waals surface area contributed by atoms with Gasteiger partial charge in [-0.1, -0.05) is 0 Å². The molecule has 0 aliphatic carbocycles. The second-order valence-electron chi connectivity index (χ2n) is 3.99. The van der Waals surface area contributed by atoms with Crippen molar-refractivity contribution in [1.82, 2.24) is 9.80 Å². The van der Waals surface area contributed by atoms with Crippen molar-refractivity contribution in [3.8, 4) is 0 Å². The van der Waals surface area contributed by atoms with Crippen LogP contribution in [0.2, 0.25) is 0 Å². The fourth-order valence-corrected chi connectivity index (χ4v) is 2.36. The molecule has 0 saturated carbocycles. The third-order valence-corrected chi connectivity index (χ3v) is 3.23. The standard InChI is InChI=1S/C12H26N3/c1-5-13(6-2)12-14(7-3)10-9-11-15(12)8-4/h5-11H2,1-4H3/q+1. The van der Waals surface area contributed by atoms with Crippen LogP contribution in [-0.4, -0.2) is 59.6 Å². The number of hydrogen-bond donors (Lipinski definition) is 0. The topological polar surface area (TPSA) is 9.49 Å². The van der Waals surface area contributed by atoms with Crippen LogP contribution in [0.1, 0.15) is 34.1 Å². The van der Waals surface area contributed by atoms with Crippen molar-refractivity contribution >= 4 is 5.96 Å². The van der Waals surface area contributed by atoms with E-state index in [9.17, 15) is 0 Å². The Labute approximate surface area is 94.4 Å². The molecular weight excluding hydrogens is 186 g/mol. The Balaban J connectivity index is 2.95. The van der Waals surface area contributed by atoms with Crippen molar-refractivity contribution < 1.29 is 4.58 Å². The highest BCUT2D eigenvalue weighted by atomic mass is 15.4. The molecule has 0 bridgehead atoms. The molecule has 1 heterocycles. The van der Waals surface area contributed by atoms with Gasteiger partial charge >= 0.3 is 5.96 Å². The van der Waals surface area contributed by atoms with Gasteiger partial charge < -0.3 is 0 Å².